The molecule has 0 saturated heterocycles. The van der Waals surface area contributed by atoms with Gasteiger partial charge in [-0.05, 0) is 69.2 Å². The highest BCUT2D eigenvalue weighted by molar-refractivity contribution is 7.92. The van der Waals surface area contributed by atoms with Crippen molar-refractivity contribution in [3.63, 3.8) is 0 Å². The van der Waals surface area contributed by atoms with Gasteiger partial charge >= 0.3 is 0 Å². The van der Waals surface area contributed by atoms with Crippen LogP contribution in [0.4, 0.5) is 11.4 Å². The number of carbonyl (C=O) groups excluding carboxylic acids is 1. The molecule has 4 rings (SSSR count). The lowest BCUT2D eigenvalue weighted by molar-refractivity contribution is 0.102. The third-order valence-electron chi connectivity index (χ3n) is 5.29. The molecular weight excluding hydrogens is 456 g/mol. The minimum Gasteiger partial charge on any atom is -0.322 e. The summed E-state index contributed by atoms with van der Waals surface area (Å²) in [6.45, 7) is 7.39. The van der Waals surface area contributed by atoms with Crippen LogP contribution in [0.25, 0.3) is 5.13 Å². The Morgan fingerprint density at radius 3 is 2.48 bits per heavy atom. The van der Waals surface area contributed by atoms with Crippen LogP contribution >= 0.6 is 11.3 Å². The van der Waals surface area contributed by atoms with Crippen molar-refractivity contribution in [1.29, 1.82) is 0 Å². The highest BCUT2D eigenvalue weighted by Crippen LogP contribution is 2.26. The second-order valence-electron chi connectivity index (χ2n) is 7.84. The molecule has 0 spiro atoms. The summed E-state index contributed by atoms with van der Waals surface area (Å²) in [7, 11) is -3.84. The number of rotatable bonds is 6. The van der Waals surface area contributed by atoms with Crippen LogP contribution in [0, 0.1) is 27.7 Å². The van der Waals surface area contributed by atoms with E-state index in [4.69, 9.17) is 0 Å². The number of benzene rings is 2. The first-order valence-corrected chi connectivity index (χ1v) is 12.6. The number of anilines is 2. The molecule has 4 aromatic rings. The first-order valence-electron chi connectivity index (χ1n) is 10.3. The Balaban J connectivity index is 1.61. The van der Waals surface area contributed by atoms with Crippen LogP contribution in [-0.4, -0.2) is 23.9 Å². The smallest absolute Gasteiger partial charge is 0.262 e. The van der Waals surface area contributed by atoms with Gasteiger partial charge in [0, 0.05) is 34.3 Å². The maximum Gasteiger partial charge on any atom is 0.262 e. The molecular formula is C24H24N4O3S2. The molecule has 0 unspecified atom stereocenters. The van der Waals surface area contributed by atoms with Crippen LogP contribution < -0.4 is 10.0 Å². The summed E-state index contributed by atoms with van der Waals surface area (Å²) in [5.41, 5.74) is 4.57. The van der Waals surface area contributed by atoms with Crippen molar-refractivity contribution in [3.05, 3.63) is 88.2 Å². The number of amides is 1. The van der Waals surface area contributed by atoms with Crippen LogP contribution in [0.15, 0.2) is 65.0 Å². The second-order valence-corrected chi connectivity index (χ2v) is 10.4. The molecule has 0 fully saturated rings. The van der Waals surface area contributed by atoms with Crippen LogP contribution in [0.2, 0.25) is 0 Å². The molecule has 0 aliphatic rings. The zero-order chi connectivity index (χ0) is 23.8. The molecule has 1 amide bonds. The molecule has 2 aromatic carbocycles. The number of aromatic nitrogens is 2. The van der Waals surface area contributed by atoms with E-state index in [2.05, 4.69) is 15.0 Å². The predicted octanol–water partition coefficient (Wildman–Crippen LogP) is 5.22. The number of hydrogen-bond acceptors (Lipinski definition) is 5. The van der Waals surface area contributed by atoms with Crippen molar-refractivity contribution >= 4 is 38.6 Å². The van der Waals surface area contributed by atoms with Gasteiger partial charge < -0.3 is 5.32 Å². The van der Waals surface area contributed by atoms with Gasteiger partial charge in [0.25, 0.3) is 15.9 Å². The Bertz CT molecular complexity index is 1440. The van der Waals surface area contributed by atoms with Crippen molar-refractivity contribution < 1.29 is 13.2 Å². The molecule has 2 N–H and O–H groups in total. The van der Waals surface area contributed by atoms with Gasteiger partial charge in [0.15, 0.2) is 5.13 Å². The van der Waals surface area contributed by atoms with Crippen LogP contribution in [0.3, 0.4) is 0 Å². The van der Waals surface area contributed by atoms with E-state index in [0.29, 0.717) is 22.5 Å². The zero-order valence-corrected chi connectivity index (χ0v) is 20.3. The molecule has 170 valence electrons. The van der Waals surface area contributed by atoms with E-state index in [1.807, 2.05) is 36.8 Å². The average molecular weight is 481 g/mol. The van der Waals surface area contributed by atoms with Gasteiger partial charge in [-0.1, -0.05) is 18.2 Å². The number of thiazole rings is 1. The van der Waals surface area contributed by atoms with E-state index >= 15 is 0 Å². The first kappa shape index (κ1) is 22.8. The number of nitrogens with zero attached hydrogens (tertiary/aromatic N) is 2. The van der Waals surface area contributed by atoms with Gasteiger partial charge in [-0.3, -0.25) is 14.1 Å². The lowest BCUT2D eigenvalue weighted by Gasteiger charge is -2.13. The third-order valence-corrected chi connectivity index (χ3v) is 7.57. The Morgan fingerprint density at radius 2 is 1.79 bits per heavy atom. The molecule has 0 saturated carbocycles. The number of nitrogens with one attached hydrogen (secondary N) is 2. The van der Waals surface area contributed by atoms with Gasteiger partial charge in [-0.2, -0.15) is 0 Å². The fourth-order valence-corrected chi connectivity index (χ4v) is 5.77. The summed E-state index contributed by atoms with van der Waals surface area (Å²) in [4.78, 5) is 17.5. The van der Waals surface area contributed by atoms with Crippen molar-refractivity contribution in [2.24, 2.45) is 0 Å². The van der Waals surface area contributed by atoms with Crippen LogP contribution in [0.5, 0.6) is 0 Å². The average Bonchev–Trinajstić information content (AvgIpc) is 3.36. The van der Waals surface area contributed by atoms with E-state index in [9.17, 15) is 13.2 Å². The normalized spacial score (nSPS) is 11.4. The highest BCUT2D eigenvalue weighted by atomic mass is 32.2. The molecule has 2 aromatic heterocycles. The number of carbonyl (C=O) groups is 1. The fourth-order valence-electron chi connectivity index (χ4n) is 3.70. The zero-order valence-electron chi connectivity index (χ0n) is 18.7. The summed E-state index contributed by atoms with van der Waals surface area (Å²) in [6, 6.07) is 13.8. The monoisotopic (exact) mass is 480 g/mol. The summed E-state index contributed by atoms with van der Waals surface area (Å²) in [5, 5.41) is 5.51. The van der Waals surface area contributed by atoms with Gasteiger partial charge in [0.05, 0.1) is 10.5 Å². The van der Waals surface area contributed by atoms with Crippen molar-refractivity contribution in [2.45, 2.75) is 32.6 Å². The molecule has 0 bridgehead atoms. The summed E-state index contributed by atoms with van der Waals surface area (Å²) in [5.74, 6) is -0.315. The molecule has 0 atom stereocenters. The molecule has 33 heavy (non-hydrogen) atoms. The van der Waals surface area contributed by atoms with Crippen LogP contribution in [0.1, 0.15) is 32.9 Å². The summed E-state index contributed by atoms with van der Waals surface area (Å²) in [6.07, 6.45) is 1.72. The Hall–Kier alpha value is -3.43. The number of aryl methyl sites for hydroxylation is 3. The Labute approximate surface area is 197 Å². The maximum atomic E-state index is 13.0. The number of sulfonamides is 1. The molecule has 0 aliphatic carbocycles. The summed E-state index contributed by atoms with van der Waals surface area (Å²) >= 11 is 1.49. The van der Waals surface area contributed by atoms with Gasteiger partial charge in [0.2, 0.25) is 0 Å². The highest BCUT2D eigenvalue weighted by Gasteiger charge is 2.21. The van der Waals surface area contributed by atoms with Crippen LogP contribution in [-0.2, 0) is 10.0 Å². The largest absolute Gasteiger partial charge is 0.322 e. The SMILES string of the molecule is Cc1cccc(NS(=O)(=O)c2cc(NC(=O)c3cc(C)n(-c4nccs4)c3C)ccc2C)c1. The lowest BCUT2D eigenvalue weighted by atomic mass is 10.2. The third kappa shape index (κ3) is 4.69. The van der Waals surface area contributed by atoms with Crippen molar-refractivity contribution in [2.75, 3.05) is 10.0 Å². The van der Waals surface area contributed by atoms with E-state index in [0.717, 1.165) is 22.1 Å². The van der Waals surface area contributed by atoms with E-state index in [-0.39, 0.29) is 10.8 Å². The molecule has 7 nitrogen and oxygen atoms in total. The van der Waals surface area contributed by atoms with Crippen molar-refractivity contribution in [3.8, 4) is 5.13 Å². The summed E-state index contributed by atoms with van der Waals surface area (Å²) < 4.78 is 30.6. The Kier molecular flexibility index (Phi) is 6.09. The molecule has 0 radical (unpaired) electrons. The van der Waals surface area contributed by atoms with Gasteiger partial charge in [0.1, 0.15) is 0 Å². The van der Waals surface area contributed by atoms with E-state index in [1.165, 1.54) is 17.4 Å². The lowest BCUT2D eigenvalue weighted by Crippen LogP contribution is -2.16. The van der Waals surface area contributed by atoms with Crippen molar-refractivity contribution in [1.82, 2.24) is 9.55 Å². The molecule has 9 heteroatoms. The standard InChI is InChI=1S/C24H24N4O3S2/c1-15-6-5-7-20(12-15)27-33(30,31)22-14-19(9-8-16(22)2)26-23(29)21-13-17(3)28(18(21)4)24-25-10-11-32-24/h5-14,27H,1-4H3,(H,26,29). The maximum absolute atomic E-state index is 13.0. The second kappa shape index (κ2) is 8.84. The fraction of sp³-hybridized carbons (Fsp3) is 0.167. The van der Waals surface area contributed by atoms with Gasteiger partial charge in [-0.15, -0.1) is 11.3 Å². The van der Waals surface area contributed by atoms with E-state index < -0.39 is 10.0 Å². The topological polar surface area (TPSA) is 93.1 Å². The predicted molar refractivity (Wildman–Crippen MR) is 132 cm³/mol. The van der Waals surface area contributed by atoms with Gasteiger partial charge in [-0.25, -0.2) is 13.4 Å². The minimum atomic E-state index is -3.84. The van der Waals surface area contributed by atoms with E-state index in [1.54, 1.807) is 49.5 Å². The molecule has 2 heterocycles. The quantitative estimate of drug-likeness (QED) is 0.396. The minimum absolute atomic E-state index is 0.107. The first-order chi connectivity index (χ1) is 15.7. The molecule has 0 aliphatic heterocycles. The number of hydrogen-bond donors (Lipinski definition) is 2. The Morgan fingerprint density at radius 1 is 1.00 bits per heavy atom.